The zero-order valence-electron chi connectivity index (χ0n) is 10.6. The molecule has 1 amide bonds. The molecule has 17 heavy (non-hydrogen) atoms. The summed E-state index contributed by atoms with van der Waals surface area (Å²) in [6, 6.07) is -0.729. The van der Waals surface area contributed by atoms with E-state index in [1.807, 2.05) is 0 Å². The largest absolute Gasteiger partial charge is 0.480 e. The van der Waals surface area contributed by atoms with Crippen LogP contribution in [0.1, 0.15) is 58.3 Å². The molecule has 0 spiro atoms. The van der Waals surface area contributed by atoms with E-state index in [1.54, 1.807) is 6.92 Å². The van der Waals surface area contributed by atoms with Gasteiger partial charge in [0.2, 0.25) is 5.91 Å². The molecular weight excluding hydrogens is 218 g/mol. The van der Waals surface area contributed by atoms with Gasteiger partial charge >= 0.3 is 5.97 Å². The molecule has 1 atom stereocenters. The van der Waals surface area contributed by atoms with Crippen molar-refractivity contribution >= 4 is 11.9 Å². The highest BCUT2D eigenvalue weighted by Gasteiger charge is 2.24. The fourth-order valence-corrected chi connectivity index (χ4v) is 2.35. The van der Waals surface area contributed by atoms with E-state index >= 15 is 0 Å². The molecule has 1 saturated carbocycles. The smallest absolute Gasteiger partial charge is 0.326 e. The van der Waals surface area contributed by atoms with E-state index in [2.05, 4.69) is 5.32 Å². The number of nitrogens with one attached hydrogen (secondary N) is 1. The van der Waals surface area contributed by atoms with Gasteiger partial charge in [0.15, 0.2) is 0 Å². The van der Waals surface area contributed by atoms with Gasteiger partial charge in [-0.1, -0.05) is 39.0 Å². The van der Waals surface area contributed by atoms with E-state index in [4.69, 9.17) is 5.11 Å². The normalized spacial score (nSPS) is 20.1. The fourth-order valence-electron chi connectivity index (χ4n) is 2.35. The molecule has 4 nitrogen and oxygen atoms in total. The van der Waals surface area contributed by atoms with Gasteiger partial charge in [-0.15, -0.1) is 0 Å². The molecule has 1 fully saturated rings. The van der Waals surface area contributed by atoms with Gasteiger partial charge in [0.1, 0.15) is 6.04 Å². The number of aliphatic carboxylic acids is 1. The summed E-state index contributed by atoms with van der Waals surface area (Å²) in [5.41, 5.74) is 0. The number of carboxylic acid groups (broad SMARTS) is 1. The molecule has 0 saturated heterocycles. The first kappa shape index (κ1) is 14.0. The topological polar surface area (TPSA) is 66.4 Å². The standard InChI is InChI=1S/C13H23NO3/c1-2-11(13(16)17)14-12(15)10-8-6-4-3-5-7-9-10/h10-11H,2-9H2,1H3,(H,14,15)(H,16,17)/t11-/m0/s1. The van der Waals surface area contributed by atoms with E-state index in [-0.39, 0.29) is 11.8 Å². The minimum Gasteiger partial charge on any atom is -0.480 e. The predicted octanol–water partition coefficient (Wildman–Crippen LogP) is 2.33. The Morgan fingerprint density at radius 3 is 2.18 bits per heavy atom. The molecule has 0 aromatic rings. The summed E-state index contributed by atoms with van der Waals surface area (Å²) in [7, 11) is 0. The molecule has 4 heteroatoms. The summed E-state index contributed by atoms with van der Waals surface area (Å²) in [4.78, 5) is 22.8. The summed E-state index contributed by atoms with van der Waals surface area (Å²) >= 11 is 0. The van der Waals surface area contributed by atoms with Crippen LogP contribution in [0.3, 0.4) is 0 Å². The molecule has 0 unspecified atom stereocenters. The second-order valence-corrected chi connectivity index (χ2v) is 4.85. The molecule has 0 radical (unpaired) electrons. The Hall–Kier alpha value is -1.06. The van der Waals surface area contributed by atoms with E-state index in [1.165, 1.54) is 19.3 Å². The van der Waals surface area contributed by atoms with Gasteiger partial charge in [0.25, 0.3) is 0 Å². The van der Waals surface area contributed by atoms with Gasteiger partial charge in [-0.05, 0) is 19.3 Å². The Bertz CT molecular complexity index is 257. The molecule has 1 rings (SSSR count). The molecule has 0 heterocycles. The van der Waals surface area contributed by atoms with Crippen LogP contribution in [0.2, 0.25) is 0 Å². The average Bonchev–Trinajstić information content (AvgIpc) is 2.24. The van der Waals surface area contributed by atoms with Gasteiger partial charge in [0, 0.05) is 5.92 Å². The van der Waals surface area contributed by atoms with Crippen LogP contribution in [0.15, 0.2) is 0 Å². The van der Waals surface area contributed by atoms with Crippen LogP contribution in [0.25, 0.3) is 0 Å². The number of rotatable bonds is 4. The van der Waals surface area contributed by atoms with E-state index in [0.717, 1.165) is 25.7 Å². The highest BCUT2D eigenvalue weighted by atomic mass is 16.4. The number of carbonyl (C=O) groups is 2. The summed E-state index contributed by atoms with van der Waals surface area (Å²) in [5, 5.41) is 11.6. The van der Waals surface area contributed by atoms with E-state index in [0.29, 0.717) is 6.42 Å². The van der Waals surface area contributed by atoms with Crippen LogP contribution < -0.4 is 5.32 Å². The molecular formula is C13H23NO3. The molecule has 2 N–H and O–H groups in total. The average molecular weight is 241 g/mol. The first-order valence-electron chi connectivity index (χ1n) is 6.68. The second-order valence-electron chi connectivity index (χ2n) is 4.85. The minimum absolute atomic E-state index is 0.0173. The Balaban J connectivity index is 2.46. The third-order valence-electron chi connectivity index (χ3n) is 3.50. The highest BCUT2D eigenvalue weighted by molar-refractivity contribution is 5.84. The summed E-state index contributed by atoms with van der Waals surface area (Å²) in [5.74, 6) is -0.989. The van der Waals surface area contributed by atoms with Crippen molar-refractivity contribution in [1.82, 2.24) is 5.32 Å². The third kappa shape index (κ3) is 4.75. The van der Waals surface area contributed by atoms with Crippen LogP contribution in [-0.2, 0) is 9.59 Å². The number of carbonyl (C=O) groups excluding carboxylic acids is 1. The van der Waals surface area contributed by atoms with Crippen molar-refractivity contribution in [2.24, 2.45) is 5.92 Å². The molecule has 98 valence electrons. The lowest BCUT2D eigenvalue weighted by Crippen LogP contribution is -2.43. The Kier molecular flexibility index (Phi) is 6.01. The van der Waals surface area contributed by atoms with Crippen LogP contribution in [0, 0.1) is 5.92 Å². The van der Waals surface area contributed by atoms with Crippen molar-refractivity contribution in [2.75, 3.05) is 0 Å². The molecule has 0 aromatic carbocycles. The molecule has 1 aliphatic rings. The van der Waals surface area contributed by atoms with Crippen LogP contribution >= 0.6 is 0 Å². The number of amides is 1. The number of carboxylic acids is 1. The SMILES string of the molecule is CC[C@H](NC(=O)C1CCCCCCC1)C(=O)O. The Morgan fingerprint density at radius 1 is 1.18 bits per heavy atom. The number of hydrogen-bond donors (Lipinski definition) is 2. The van der Waals surface area contributed by atoms with Gasteiger partial charge in [-0.3, -0.25) is 4.79 Å². The van der Waals surface area contributed by atoms with Gasteiger partial charge in [0.05, 0.1) is 0 Å². The molecule has 0 aliphatic heterocycles. The third-order valence-corrected chi connectivity index (χ3v) is 3.50. The van der Waals surface area contributed by atoms with Gasteiger partial charge in [-0.25, -0.2) is 4.79 Å². The first-order chi connectivity index (χ1) is 8.15. The Labute approximate surface area is 103 Å². The van der Waals surface area contributed by atoms with Crippen LogP contribution in [0.5, 0.6) is 0 Å². The maximum absolute atomic E-state index is 12.0. The van der Waals surface area contributed by atoms with Crippen molar-refractivity contribution < 1.29 is 14.7 Å². The zero-order chi connectivity index (χ0) is 12.7. The summed E-state index contributed by atoms with van der Waals surface area (Å²) in [6.07, 6.45) is 8.07. The van der Waals surface area contributed by atoms with Crippen LogP contribution in [0.4, 0.5) is 0 Å². The van der Waals surface area contributed by atoms with Crippen molar-refractivity contribution in [2.45, 2.75) is 64.3 Å². The highest BCUT2D eigenvalue weighted by Crippen LogP contribution is 2.22. The van der Waals surface area contributed by atoms with Crippen molar-refractivity contribution in [3.63, 3.8) is 0 Å². The predicted molar refractivity (Wildman–Crippen MR) is 65.7 cm³/mol. The Morgan fingerprint density at radius 2 is 1.71 bits per heavy atom. The number of hydrogen-bond acceptors (Lipinski definition) is 2. The maximum Gasteiger partial charge on any atom is 0.326 e. The lowest BCUT2D eigenvalue weighted by Gasteiger charge is -2.21. The molecule has 0 aromatic heterocycles. The summed E-state index contributed by atoms with van der Waals surface area (Å²) < 4.78 is 0. The fraction of sp³-hybridized carbons (Fsp3) is 0.846. The lowest BCUT2D eigenvalue weighted by molar-refractivity contribution is -0.142. The van der Waals surface area contributed by atoms with Crippen molar-refractivity contribution in [1.29, 1.82) is 0 Å². The second kappa shape index (κ2) is 7.30. The molecule has 0 bridgehead atoms. The van der Waals surface area contributed by atoms with Gasteiger partial charge in [-0.2, -0.15) is 0 Å². The maximum atomic E-state index is 12.0. The zero-order valence-corrected chi connectivity index (χ0v) is 10.6. The van der Waals surface area contributed by atoms with E-state index < -0.39 is 12.0 Å². The van der Waals surface area contributed by atoms with Crippen molar-refractivity contribution in [3.05, 3.63) is 0 Å². The summed E-state index contributed by atoms with van der Waals surface area (Å²) in [6.45, 7) is 1.77. The van der Waals surface area contributed by atoms with E-state index in [9.17, 15) is 9.59 Å². The quantitative estimate of drug-likeness (QED) is 0.793. The monoisotopic (exact) mass is 241 g/mol. The van der Waals surface area contributed by atoms with Crippen LogP contribution in [-0.4, -0.2) is 23.0 Å². The first-order valence-corrected chi connectivity index (χ1v) is 6.68. The lowest BCUT2D eigenvalue weighted by atomic mass is 9.90. The van der Waals surface area contributed by atoms with Crippen molar-refractivity contribution in [3.8, 4) is 0 Å². The molecule has 1 aliphatic carbocycles. The minimum atomic E-state index is -0.938. The van der Waals surface area contributed by atoms with Gasteiger partial charge < -0.3 is 10.4 Å².